The third-order valence-corrected chi connectivity index (χ3v) is 5.45. The van der Waals surface area contributed by atoms with Gasteiger partial charge in [0.05, 0.1) is 7.11 Å². The lowest BCUT2D eigenvalue weighted by Crippen LogP contribution is -2.34. The van der Waals surface area contributed by atoms with Crippen LogP contribution < -0.4 is 20.3 Å². The van der Waals surface area contributed by atoms with Crippen molar-refractivity contribution < 1.29 is 4.74 Å². The number of nitrogens with zero attached hydrogens (tertiary/aromatic N) is 1. The summed E-state index contributed by atoms with van der Waals surface area (Å²) in [4.78, 5) is 2.41. The van der Waals surface area contributed by atoms with Crippen LogP contribution in [-0.2, 0) is 0 Å². The standard InChI is InChI=1S/C20H24ClN3OS/c1-14-18(21)4-3-5-19(14)23-20(26)22-12-15-10-11-24(13-15)16-6-8-17(25-2)9-7-16/h3-9,15H,10-13H2,1-2H3,(H2,22,23,26)/t15-/m1/s1. The average Bonchev–Trinajstić information content (AvgIpc) is 3.13. The number of methoxy groups -OCH3 is 1. The molecule has 0 spiro atoms. The highest BCUT2D eigenvalue weighted by molar-refractivity contribution is 7.80. The van der Waals surface area contributed by atoms with Crippen molar-refractivity contribution in [2.45, 2.75) is 13.3 Å². The number of halogens is 1. The number of hydrogen-bond donors (Lipinski definition) is 2. The third-order valence-electron chi connectivity index (χ3n) is 4.79. The first-order valence-electron chi connectivity index (χ1n) is 8.76. The van der Waals surface area contributed by atoms with Crippen LogP contribution in [0.15, 0.2) is 42.5 Å². The molecule has 0 aliphatic carbocycles. The lowest BCUT2D eigenvalue weighted by molar-refractivity contribution is 0.415. The van der Waals surface area contributed by atoms with E-state index >= 15 is 0 Å². The first kappa shape index (κ1) is 18.8. The molecule has 1 atom stereocenters. The summed E-state index contributed by atoms with van der Waals surface area (Å²) >= 11 is 11.6. The minimum Gasteiger partial charge on any atom is -0.497 e. The van der Waals surface area contributed by atoms with Crippen molar-refractivity contribution in [2.75, 3.05) is 37.0 Å². The van der Waals surface area contributed by atoms with Crippen LogP contribution in [-0.4, -0.2) is 31.9 Å². The van der Waals surface area contributed by atoms with E-state index in [1.165, 1.54) is 5.69 Å². The van der Waals surface area contributed by atoms with Crippen LogP contribution in [0, 0.1) is 12.8 Å². The lowest BCUT2D eigenvalue weighted by atomic mass is 10.1. The number of rotatable bonds is 5. The van der Waals surface area contributed by atoms with Crippen LogP contribution in [0.4, 0.5) is 11.4 Å². The maximum atomic E-state index is 6.15. The quantitative estimate of drug-likeness (QED) is 0.738. The Kier molecular flexibility index (Phi) is 6.22. The zero-order chi connectivity index (χ0) is 18.5. The third kappa shape index (κ3) is 4.59. The molecule has 138 valence electrons. The molecule has 26 heavy (non-hydrogen) atoms. The Bertz CT molecular complexity index is 766. The van der Waals surface area contributed by atoms with E-state index in [0.29, 0.717) is 11.0 Å². The first-order chi connectivity index (χ1) is 12.6. The van der Waals surface area contributed by atoms with Crippen LogP contribution in [0.2, 0.25) is 5.02 Å². The Hall–Kier alpha value is -1.98. The minimum atomic E-state index is 0.567. The van der Waals surface area contributed by atoms with Gasteiger partial charge in [-0.15, -0.1) is 0 Å². The van der Waals surface area contributed by atoms with Crippen molar-refractivity contribution in [3.8, 4) is 5.75 Å². The molecule has 1 aliphatic heterocycles. The normalized spacial score (nSPS) is 16.4. The van der Waals surface area contributed by atoms with Crippen molar-refractivity contribution in [1.82, 2.24) is 5.32 Å². The van der Waals surface area contributed by atoms with Crippen molar-refractivity contribution in [1.29, 1.82) is 0 Å². The van der Waals surface area contributed by atoms with E-state index in [4.69, 9.17) is 28.6 Å². The van der Waals surface area contributed by atoms with Gasteiger partial charge in [-0.25, -0.2) is 0 Å². The number of hydrogen-bond acceptors (Lipinski definition) is 3. The molecule has 1 aliphatic rings. The highest BCUT2D eigenvalue weighted by Crippen LogP contribution is 2.26. The summed E-state index contributed by atoms with van der Waals surface area (Å²) in [5.41, 5.74) is 3.19. The van der Waals surface area contributed by atoms with E-state index < -0.39 is 0 Å². The molecule has 0 bridgehead atoms. The smallest absolute Gasteiger partial charge is 0.170 e. The molecular formula is C20H24ClN3OS. The van der Waals surface area contributed by atoms with Gasteiger partial charge in [0.1, 0.15) is 5.75 Å². The van der Waals surface area contributed by atoms with E-state index in [-0.39, 0.29) is 0 Å². The minimum absolute atomic E-state index is 0.567. The van der Waals surface area contributed by atoms with Crippen LogP contribution >= 0.6 is 23.8 Å². The Morgan fingerprint density at radius 2 is 2.04 bits per heavy atom. The summed E-state index contributed by atoms with van der Waals surface area (Å²) in [5, 5.41) is 7.96. The fraction of sp³-hybridized carbons (Fsp3) is 0.350. The van der Waals surface area contributed by atoms with Crippen molar-refractivity contribution in [2.24, 2.45) is 5.92 Å². The first-order valence-corrected chi connectivity index (χ1v) is 9.54. The van der Waals surface area contributed by atoms with Gasteiger partial charge >= 0.3 is 0 Å². The molecule has 2 aromatic rings. The fourth-order valence-electron chi connectivity index (χ4n) is 3.17. The highest BCUT2D eigenvalue weighted by Gasteiger charge is 2.22. The second kappa shape index (κ2) is 8.60. The van der Waals surface area contributed by atoms with E-state index in [2.05, 4.69) is 27.7 Å². The molecule has 0 amide bonds. The summed E-state index contributed by atoms with van der Waals surface area (Å²) in [5.74, 6) is 1.45. The Morgan fingerprint density at radius 1 is 1.27 bits per heavy atom. The van der Waals surface area contributed by atoms with Gasteiger partial charge in [0.2, 0.25) is 0 Å². The second-order valence-electron chi connectivity index (χ2n) is 6.55. The molecule has 1 heterocycles. The summed E-state index contributed by atoms with van der Waals surface area (Å²) < 4.78 is 5.22. The summed E-state index contributed by atoms with van der Waals surface area (Å²) in [6, 6.07) is 14.0. The number of nitrogens with one attached hydrogen (secondary N) is 2. The predicted molar refractivity (Wildman–Crippen MR) is 114 cm³/mol. The summed E-state index contributed by atoms with van der Waals surface area (Å²) in [6.07, 6.45) is 1.15. The summed E-state index contributed by atoms with van der Waals surface area (Å²) in [6.45, 7) is 4.93. The van der Waals surface area contributed by atoms with Gasteiger partial charge in [0, 0.05) is 36.0 Å². The van der Waals surface area contributed by atoms with Gasteiger partial charge in [-0.3, -0.25) is 0 Å². The molecular weight excluding hydrogens is 366 g/mol. The van der Waals surface area contributed by atoms with Gasteiger partial charge in [0.15, 0.2) is 5.11 Å². The van der Waals surface area contributed by atoms with E-state index in [9.17, 15) is 0 Å². The predicted octanol–water partition coefficient (Wildman–Crippen LogP) is 4.47. The fourth-order valence-corrected chi connectivity index (χ4v) is 3.54. The molecule has 0 saturated carbocycles. The van der Waals surface area contributed by atoms with E-state index in [0.717, 1.165) is 48.1 Å². The SMILES string of the molecule is COc1ccc(N2CC[C@H](CNC(=S)Nc3cccc(Cl)c3C)C2)cc1. The molecule has 1 saturated heterocycles. The Labute approximate surface area is 165 Å². The van der Waals surface area contributed by atoms with Crippen molar-refractivity contribution >= 4 is 40.3 Å². The zero-order valence-corrected chi connectivity index (χ0v) is 16.7. The van der Waals surface area contributed by atoms with E-state index in [1.54, 1.807) is 7.11 Å². The van der Waals surface area contributed by atoms with Gasteiger partial charge in [-0.05, 0) is 73.4 Å². The van der Waals surface area contributed by atoms with Gasteiger partial charge in [-0.1, -0.05) is 17.7 Å². The second-order valence-corrected chi connectivity index (χ2v) is 7.36. The van der Waals surface area contributed by atoms with Crippen LogP contribution in [0.25, 0.3) is 0 Å². The average molecular weight is 390 g/mol. The number of thiocarbonyl (C=S) groups is 1. The van der Waals surface area contributed by atoms with Crippen LogP contribution in [0.1, 0.15) is 12.0 Å². The molecule has 0 radical (unpaired) electrons. The zero-order valence-electron chi connectivity index (χ0n) is 15.1. The Balaban J connectivity index is 1.48. The van der Waals surface area contributed by atoms with Crippen LogP contribution in [0.3, 0.4) is 0 Å². The topological polar surface area (TPSA) is 36.5 Å². The monoisotopic (exact) mass is 389 g/mol. The number of ether oxygens (including phenoxy) is 1. The molecule has 3 rings (SSSR count). The maximum absolute atomic E-state index is 6.15. The highest BCUT2D eigenvalue weighted by atomic mass is 35.5. The molecule has 0 unspecified atom stereocenters. The maximum Gasteiger partial charge on any atom is 0.170 e. The van der Waals surface area contributed by atoms with Crippen molar-refractivity contribution in [3.63, 3.8) is 0 Å². The molecule has 0 aromatic heterocycles. The van der Waals surface area contributed by atoms with Gasteiger partial charge < -0.3 is 20.3 Å². The lowest BCUT2D eigenvalue weighted by Gasteiger charge is -2.20. The molecule has 1 fully saturated rings. The Morgan fingerprint density at radius 3 is 2.77 bits per heavy atom. The number of benzene rings is 2. The molecule has 2 N–H and O–H groups in total. The molecule has 6 heteroatoms. The molecule has 4 nitrogen and oxygen atoms in total. The van der Waals surface area contributed by atoms with E-state index in [1.807, 2.05) is 37.3 Å². The van der Waals surface area contributed by atoms with Gasteiger partial charge in [-0.2, -0.15) is 0 Å². The van der Waals surface area contributed by atoms with Gasteiger partial charge in [0.25, 0.3) is 0 Å². The summed E-state index contributed by atoms with van der Waals surface area (Å²) in [7, 11) is 1.69. The van der Waals surface area contributed by atoms with Crippen molar-refractivity contribution in [3.05, 3.63) is 53.1 Å². The largest absolute Gasteiger partial charge is 0.497 e. The molecule has 2 aromatic carbocycles. The van der Waals surface area contributed by atoms with Crippen LogP contribution in [0.5, 0.6) is 5.75 Å². The number of anilines is 2.